The van der Waals surface area contributed by atoms with Gasteiger partial charge in [-0.15, -0.1) is 0 Å². The Hall–Kier alpha value is -1.97. The van der Waals surface area contributed by atoms with Crippen molar-refractivity contribution in [2.24, 2.45) is 7.05 Å². The van der Waals surface area contributed by atoms with E-state index in [0.29, 0.717) is 25.9 Å². The number of hydrogen-bond acceptors (Lipinski definition) is 6. The topological polar surface area (TPSA) is 109 Å². The van der Waals surface area contributed by atoms with E-state index in [4.69, 9.17) is 4.74 Å². The predicted octanol–water partition coefficient (Wildman–Crippen LogP) is -0.453. The Bertz CT molecular complexity index is 713. The SMILES string of the molecule is CC(=O)NCC(=O)N[C@]1(C)CCOC2(CCN(Cc3cnn(C)c3)CC2)[C@H]1O. The van der Waals surface area contributed by atoms with Gasteiger partial charge in [-0.2, -0.15) is 5.10 Å². The molecule has 0 saturated carbocycles. The van der Waals surface area contributed by atoms with Crippen LogP contribution in [0.1, 0.15) is 38.7 Å². The highest BCUT2D eigenvalue weighted by molar-refractivity contribution is 5.84. The first-order valence-corrected chi connectivity index (χ1v) is 9.80. The molecule has 0 bridgehead atoms. The summed E-state index contributed by atoms with van der Waals surface area (Å²) in [6.07, 6.45) is 5.00. The number of aliphatic hydroxyl groups excluding tert-OH is 1. The summed E-state index contributed by atoms with van der Waals surface area (Å²) >= 11 is 0. The number of nitrogens with zero attached hydrogens (tertiary/aromatic N) is 3. The Kier molecular flexibility index (Phi) is 6.07. The standard InChI is InChI=1S/C19H31N5O4/c1-14(25)20-11-16(26)22-18(2)6-9-28-19(17(18)27)4-7-24(8-5-19)13-15-10-21-23(3)12-15/h10,12,17,27H,4-9,11,13H2,1-3H3,(H,20,25)(H,22,26)/t17-,18+/m0/s1. The minimum atomic E-state index is -0.810. The van der Waals surface area contributed by atoms with Gasteiger partial charge in [0.05, 0.1) is 23.9 Å². The molecule has 2 saturated heterocycles. The third-order valence-electron chi connectivity index (χ3n) is 5.90. The molecule has 1 aromatic heterocycles. The van der Waals surface area contributed by atoms with E-state index in [9.17, 15) is 14.7 Å². The number of nitrogens with one attached hydrogen (secondary N) is 2. The zero-order valence-corrected chi connectivity index (χ0v) is 16.9. The summed E-state index contributed by atoms with van der Waals surface area (Å²) in [5.74, 6) is -0.562. The van der Waals surface area contributed by atoms with Crippen LogP contribution in [0.3, 0.4) is 0 Å². The van der Waals surface area contributed by atoms with Gasteiger partial charge in [-0.05, 0) is 26.2 Å². The lowest BCUT2D eigenvalue weighted by Crippen LogP contribution is -2.69. The first-order valence-electron chi connectivity index (χ1n) is 9.80. The number of likely N-dealkylation sites (tertiary alicyclic amines) is 1. The summed E-state index contributed by atoms with van der Waals surface area (Å²) in [6, 6.07) is 0. The van der Waals surface area contributed by atoms with Crippen LogP contribution >= 0.6 is 0 Å². The lowest BCUT2D eigenvalue weighted by molar-refractivity contribution is -0.208. The number of aryl methyl sites for hydroxylation is 1. The Morgan fingerprint density at radius 3 is 2.68 bits per heavy atom. The Balaban J connectivity index is 1.59. The number of amides is 2. The molecule has 1 spiro atoms. The van der Waals surface area contributed by atoms with E-state index in [-0.39, 0.29) is 18.4 Å². The van der Waals surface area contributed by atoms with Crippen molar-refractivity contribution >= 4 is 11.8 Å². The van der Waals surface area contributed by atoms with Crippen molar-refractivity contribution in [2.75, 3.05) is 26.2 Å². The molecule has 9 heteroatoms. The molecule has 1 aromatic rings. The highest BCUT2D eigenvalue weighted by Gasteiger charge is 2.53. The molecule has 0 aromatic carbocycles. The molecule has 2 atom stereocenters. The zero-order valence-electron chi connectivity index (χ0n) is 16.9. The number of rotatable bonds is 5. The highest BCUT2D eigenvalue weighted by Crippen LogP contribution is 2.40. The molecule has 2 aliphatic rings. The van der Waals surface area contributed by atoms with Crippen molar-refractivity contribution in [3.8, 4) is 0 Å². The van der Waals surface area contributed by atoms with Crippen molar-refractivity contribution in [2.45, 2.75) is 56.9 Å². The number of aliphatic hydroxyl groups is 1. The molecular formula is C19H31N5O4. The number of ether oxygens (including phenoxy) is 1. The second-order valence-corrected chi connectivity index (χ2v) is 8.24. The van der Waals surface area contributed by atoms with Gasteiger partial charge in [-0.3, -0.25) is 19.2 Å². The van der Waals surface area contributed by atoms with Crippen LogP contribution in [0.4, 0.5) is 0 Å². The second-order valence-electron chi connectivity index (χ2n) is 8.24. The summed E-state index contributed by atoms with van der Waals surface area (Å²) in [5.41, 5.74) is -0.266. The van der Waals surface area contributed by atoms with Crippen molar-refractivity contribution in [3.05, 3.63) is 18.0 Å². The van der Waals surface area contributed by atoms with E-state index in [0.717, 1.165) is 19.6 Å². The number of hydrogen-bond donors (Lipinski definition) is 3. The molecule has 3 rings (SSSR count). The number of aromatic nitrogens is 2. The van der Waals surface area contributed by atoms with Crippen LogP contribution in [0.25, 0.3) is 0 Å². The lowest BCUT2D eigenvalue weighted by atomic mass is 9.73. The fourth-order valence-corrected chi connectivity index (χ4v) is 4.28. The fraction of sp³-hybridized carbons (Fsp3) is 0.737. The molecule has 0 unspecified atom stereocenters. The predicted molar refractivity (Wildman–Crippen MR) is 102 cm³/mol. The van der Waals surface area contributed by atoms with E-state index in [1.165, 1.54) is 12.5 Å². The average Bonchev–Trinajstić information content (AvgIpc) is 3.05. The van der Waals surface area contributed by atoms with Crippen LogP contribution in [-0.4, -0.2) is 75.1 Å². The molecular weight excluding hydrogens is 362 g/mol. The van der Waals surface area contributed by atoms with Crippen molar-refractivity contribution < 1.29 is 19.4 Å². The average molecular weight is 393 g/mol. The van der Waals surface area contributed by atoms with Gasteiger partial charge >= 0.3 is 0 Å². The fourth-order valence-electron chi connectivity index (χ4n) is 4.28. The normalized spacial score (nSPS) is 27.5. The van der Waals surface area contributed by atoms with Crippen molar-refractivity contribution in [3.63, 3.8) is 0 Å². The highest BCUT2D eigenvalue weighted by atomic mass is 16.5. The third kappa shape index (κ3) is 4.53. The number of carbonyl (C=O) groups is 2. The van der Waals surface area contributed by atoms with Gasteiger partial charge in [-0.1, -0.05) is 0 Å². The van der Waals surface area contributed by atoms with E-state index < -0.39 is 17.2 Å². The maximum Gasteiger partial charge on any atom is 0.239 e. The van der Waals surface area contributed by atoms with Crippen LogP contribution in [-0.2, 0) is 27.9 Å². The smallest absolute Gasteiger partial charge is 0.239 e. The number of carbonyl (C=O) groups excluding carboxylic acids is 2. The van der Waals surface area contributed by atoms with Crippen LogP contribution in [0.5, 0.6) is 0 Å². The Labute approximate surface area is 165 Å². The molecule has 3 N–H and O–H groups in total. The monoisotopic (exact) mass is 393 g/mol. The largest absolute Gasteiger partial charge is 0.388 e. The molecule has 156 valence electrons. The van der Waals surface area contributed by atoms with Gasteiger partial charge in [0.15, 0.2) is 0 Å². The van der Waals surface area contributed by atoms with E-state index in [1.54, 1.807) is 4.68 Å². The van der Waals surface area contributed by atoms with E-state index in [1.807, 2.05) is 26.4 Å². The van der Waals surface area contributed by atoms with Gasteiger partial charge in [0.2, 0.25) is 11.8 Å². The van der Waals surface area contributed by atoms with E-state index in [2.05, 4.69) is 20.6 Å². The van der Waals surface area contributed by atoms with Crippen LogP contribution in [0.15, 0.2) is 12.4 Å². The van der Waals surface area contributed by atoms with Crippen LogP contribution in [0, 0.1) is 0 Å². The molecule has 28 heavy (non-hydrogen) atoms. The zero-order chi connectivity index (χ0) is 20.4. The quantitative estimate of drug-likeness (QED) is 0.625. The summed E-state index contributed by atoms with van der Waals surface area (Å²) in [7, 11) is 1.90. The second kappa shape index (κ2) is 8.18. The van der Waals surface area contributed by atoms with Gasteiger partial charge in [0.1, 0.15) is 6.10 Å². The van der Waals surface area contributed by atoms with Gasteiger partial charge < -0.3 is 20.5 Å². The van der Waals surface area contributed by atoms with Gasteiger partial charge in [0, 0.05) is 52.0 Å². The minimum absolute atomic E-state index is 0.0929. The van der Waals surface area contributed by atoms with Crippen LogP contribution in [0.2, 0.25) is 0 Å². The molecule has 0 radical (unpaired) electrons. The Morgan fingerprint density at radius 2 is 2.07 bits per heavy atom. The third-order valence-corrected chi connectivity index (χ3v) is 5.90. The lowest BCUT2D eigenvalue weighted by Gasteiger charge is -2.53. The summed E-state index contributed by atoms with van der Waals surface area (Å²) in [4.78, 5) is 25.6. The molecule has 9 nitrogen and oxygen atoms in total. The number of piperidine rings is 1. The summed E-state index contributed by atoms with van der Waals surface area (Å²) in [5, 5.41) is 20.8. The Morgan fingerprint density at radius 1 is 1.36 bits per heavy atom. The van der Waals surface area contributed by atoms with Gasteiger partial charge in [-0.25, -0.2) is 0 Å². The maximum absolute atomic E-state index is 12.2. The van der Waals surface area contributed by atoms with Crippen molar-refractivity contribution in [1.29, 1.82) is 0 Å². The molecule has 0 aliphatic carbocycles. The molecule has 3 heterocycles. The van der Waals surface area contributed by atoms with Crippen molar-refractivity contribution in [1.82, 2.24) is 25.3 Å². The van der Waals surface area contributed by atoms with Crippen LogP contribution < -0.4 is 10.6 Å². The molecule has 2 fully saturated rings. The first kappa shape index (κ1) is 20.8. The summed E-state index contributed by atoms with van der Waals surface area (Å²) in [6.45, 7) is 6.05. The van der Waals surface area contributed by atoms with E-state index >= 15 is 0 Å². The van der Waals surface area contributed by atoms with Gasteiger partial charge in [0.25, 0.3) is 0 Å². The maximum atomic E-state index is 12.2. The minimum Gasteiger partial charge on any atom is -0.388 e. The first-order chi connectivity index (χ1) is 13.2. The molecule has 2 aliphatic heterocycles. The summed E-state index contributed by atoms with van der Waals surface area (Å²) < 4.78 is 7.88. The molecule has 2 amide bonds.